The maximum atomic E-state index is 13.1. The lowest BCUT2D eigenvalue weighted by Crippen LogP contribution is -2.48. The van der Waals surface area contributed by atoms with E-state index in [4.69, 9.17) is 0 Å². The highest BCUT2D eigenvalue weighted by atomic mass is 32.1. The van der Waals surface area contributed by atoms with Crippen molar-refractivity contribution in [3.8, 4) is 0 Å². The molecule has 28 heavy (non-hydrogen) atoms. The molecule has 1 aromatic heterocycles. The minimum absolute atomic E-state index is 0.123. The fourth-order valence-electron chi connectivity index (χ4n) is 3.63. The van der Waals surface area contributed by atoms with Gasteiger partial charge in [-0.1, -0.05) is 42.5 Å². The molecule has 0 aliphatic carbocycles. The molecule has 1 saturated heterocycles. The minimum atomic E-state index is 0.123. The van der Waals surface area contributed by atoms with Gasteiger partial charge in [0.2, 0.25) is 0 Å². The van der Waals surface area contributed by atoms with Crippen molar-refractivity contribution in [2.45, 2.75) is 20.3 Å². The molecule has 5 heteroatoms. The number of aryl methyl sites for hydroxylation is 2. The normalized spacial score (nSPS) is 14.4. The Bertz CT molecular complexity index is 959. The van der Waals surface area contributed by atoms with Crippen molar-refractivity contribution in [2.24, 2.45) is 0 Å². The number of benzene rings is 2. The lowest BCUT2D eigenvalue weighted by molar-refractivity contribution is 0.0750. The molecular weight excluding hydrogens is 366 g/mol. The van der Waals surface area contributed by atoms with E-state index in [1.165, 1.54) is 28.2 Å². The molecule has 0 atom stereocenters. The van der Waals surface area contributed by atoms with Crippen molar-refractivity contribution in [3.63, 3.8) is 0 Å². The quantitative estimate of drug-likeness (QED) is 0.665. The third-order valence-corrected chi connectivity index (χ3v) is 6.31. The zero-order valence-corrected chi connectivity index (χ0v) is 17.2. The topological polar surface area (TPSA) is 36.4 Å². The number of carbonyl (C=O) groups is 1. The molecule has 2 aromatic carbocycles. The summed E-state index contributed by atoms with van der Waals surface area (Å²) in [6, 6.07) is 18.9. The van der Waals surface area contributed by atoms with Crippen LogP contribution < -0.4 is 4.90 Å². The monoisotopic (exact) mass is 391 g/mol. The first-order chi connectivity index (χ1) is 13.6. The maximum absolute atomic E-state index is 13.1. The summed E-state index contributed by atoms with van der Waals surface area (Å²) in [6.45, 7) is 7.29. The van der Waals surface area contributed by atoms with E-state index in [1.807, 2.05) is 30.0 Å². The average Bonchev–Trinajstić information content (AvgIpc) is 3.08. The van der Waals surface area contributed by atoms with Crippen LogP contribution in [-0.4, -0.2) is 42.0 Å². The Hall–Kier alpha value is -2.66. The van der Waals surface area contributed by atoms with Crippen LogP contribution in [0, 0.1) is 13.8 Å². The van der Waals surface area contributed by atoms with Gasteiger partial charge in [0, 0.05) is 38.3 Å². The molecule has 1 aliphatic rings. The molecule has 0 radical (unpaired) electrons. The van der Waals surface area contributed by atoms with Gasteiger partial charge in [-0.2, -0.15) is 0 Å². The highest BCUT2D eigenvalue weighted by Gasteiger charge is 2.25. The molecule has 4 nitrogen and oxygen atoms in total. The standard InChI is InChI=1S/C23H25N3OS/c1-17-7-6-10-20(15-17)25-11-13-26(14-12-25)23(27)22-18(2)24-21(28-22)16-19-8-4-3-5-9-19/h3-10,15H,11-14,16H2,1-2H3. The van der Waals surface area contributed by atoms with E-state index in [9.17, 15) is 4.79 Å². The van der Waals surface area contributed by atoms with E-state index in [-0.39, 0.29) is 5.91 Å². The summed E-state index contributed by atoms with van der Waals surface area (Å²) in [5, 5.41) is 1.01. The number of carbonyl (C=O) groups excluding carboxylic acids is 1. The molecule has 4 rings (SSSR count). The van der Waals surface area contributed by atoms with Crippen molar-refractivity contribution in [1.82, 2.24) is 9.88 Å². The largest absolute Gasteiger partial charge is 0.368 e. The van der Waals surface area contributed by atoms with Gasteiger partial charge in [0.15, 0.2) is 0 Å². The first kappa shape index (κ1) is 18.7. The van der Waals surface area contributed by atoms with Crippen molar-refractivity contribution in [1.29, 1.82) is 0 Å². The Morgan fingerprint density at radius 3 is 2.46 bits per heavy atom. The highest BCUT2D eigenvalue weighted by molar-refractivity contribution is 7.13. The number of nitrogens with zero attached hydrogens (tertiary/aromatic N) is 3. The Morgan fingerprint density at radius 1 is 1.00 bits per heavy atom. The maximum Gasteiger partial charge on any atom is 0.265 e. The smallest absolute Gasteiger partial charge is 0.265 e. The number of piperazine rings is 1. The number of rotatable bonds is 4. The molecule has 0 bridgehead atoms. The lowest BCUT2D eigenvalue weighted by Gasteiger charge is -2.36. The number of hydrogen-bond acceptors (Lipinski definition) is 4. The SMILES string of the molecule is Cc1cccc(N2CCN(C(=O)c3sc(Cc4ccccc4)nc3C)CC2)c1. The number of anilines is 1. The van der Waals surface area contributed by atoms with Crippen LogP contribution in [0.15, 0.2) is 54.6 Å². The lowest BCUT2D eigenvalue weighted by atomic mass is 10.2. The zero-order chi connectivity index (χ0) is 19.5. The summed E-state index contributed by atoms with van der Waals surface area (Å²) in [4.78, 5) is 22.8. The van der Waals surface area contributed by atoms with Crippen LogP contribution >= 0.6 is 11.3 Å². The highest BCUT2D eigenvalue weighted by Crippen LogP contribution is 2.24. The van der Waals surface area contributed by atoms with Gasteiger partial charge in [0.05, 0.1) is 10.7 Å². The third kappa shape index (κ3) is 4.09. The van der Waals surface area contributed by atoms with Crippen LogP contribution in [0.2, 0.25) is 0 Å². The van der Waals surface area contributed by atoms with Crippen LogP contribution in [0.5, 0.6) is 0 Å². The molecule has 3 aromatic rings. The molecular formula is C23H25N3OS. The molecule has 1 aliphatic heterocycles. The number of thiazole rings is 1. The summed E-state index contributed by atoms with van der Waals surface area (Å²) >= 11 is 1.54. The van der Waals surface area contributed by atoms with E-state index < -0.39 is 0 Å². The van der Waals surface area contributed by atoms with E-state index in [2.05, 4.69) is 53.2 Å². The second-order valence-electron chi connectivity index (χ2n) is 7.30. The van der Waals surface area contributed by atoms with E-state index in [1.54, 1.807) is 0 Å². The predicted molar refractivity (Wildman–Crippen MR) is 115 cm³/mol. The van der Waals surface area contributed by atoms with E-state index in [0.717, 1.165) is 48.2 Å². The van der Waals surface area contributed by atoms with E-state index >= 15 is 0 Å². The summed E-state index contributed by atoms with van der Waals surface area (Å²) in [6.07, 6.45) is 0.779. The Balaban J connectivity index is 1.41. The summed E-state index contributed by atoms with van der Waals surface area (Å²) < 4.78 is 0. The van der Waals surface area contributed by atoms with Gasteiger partial charge >= 0.3 is 0 Å². The Kier molecular flexibility index (Phi) is 5.44. The van der Waals surface area contributed by atoms with Gasteiger partial charge in [0.1, 0.15) is 4.88 Å². The second-order valence-corrected chi connectivity index (χ2v) is 8.39. The summed E-state index contributed by atoms with van der Waals surface area (Å²) in [7, 11) is 0. The molecule has 0 spiro atoms. The predicted octanol–water partition coefficient (Wildman–Crippen LogP) is 4.31. The van der Waals surface area contributed by atoms with Crippen molar-refractivity contribution >= 4 is 22.9 Å². The van der Waals surface area contributed by atoms with Gasteiger partial charge in [-0.25, -0.2) is 4.98 Å². The van der Waals surface area contributed by atoms with Crippen LogP contribution in [-0.2, 0) is 6.42 Å². The number of hydrogen-bond donors (Lipinski definition) is 0. The molecule has 2 heterocycles. The zero-order valence-electron chi connectivity index (χ0n) is 16.4. The third-order valence-electron chi connectivity index (χ3n) is 5.17. The molecule has 144 valence electrons. The molecule has 1 amide bonds. The first-order valence-electron chi connectivity index (χ1n) is 9.71. The Labute approximate surface area is 170 Å². The Morgan fingerprint density at radius 2 is 1.75 bits per heavy atom. The minimum Gasteiger partial charge on any atom is -0.368 e. The van der Waals surface area contributed by atoms with Crippen molar-refractivity contribution < 1.29 is 4.79 Å². The second kappa shape index (κ2) is 8.15. The molecule has 1 fully saturated rings. The van der Waals surface area contributed by atoms with Gasteiger partial charge < -0.3 is 9.80 Å². The number of amides is 1. The summed E-state index contributed by atoms with van der Waals surface area (Å²) in [5.41, 5.74) is 4.58. The van der Waals surface area contributed by atoms with Crippen LogP contribution in [0.1, 0.15) is 31.5 Å². The van der Waals surface area contributed by atoms with Crippen LogP contribution in [0.4, 0.5) is 5.69 Å². The van der Waals surface area contributed by atoms with Crippen LogP contribution in [0.3, 0.4) is 0 Å². The average molecular weight is 392 g/mol. The molecule has 0 saturated carbocycles. The van der Waals surface area contributed by atoms with Gasteiger partial charge in [-0.05, 0) is 37.1 Å². The van der Waals surface area contributed by atoms with Crippen molar-refractivity contribution in [2.75, 3.05) is 31.1 Å². The first-order valence-corrected chi connectivity index (χ1v) is 10.5. The molecule has 0 unspecified atom stereocenters. The molecule has 0 N–H and O–H groups in total. The van der Waals surface area contributed by atoms with E-state index in [0.29, 0.717) is 0 Å². The number of aromatic nitrogens is 1. The van der Waals surface area contributed by atoms with Gasteiger partial charge in [-0.15, -0.1) is 11.3 Å². The van der Waals surface area contributed by atoms with Gasteiger partial charge in [-0.3, -0.25) is 4.79 Å². The summed E-state index contributed by atoms with van der Waals surface area (Å²) in [5.74, 6) is 0.123. The van der Waals surface area contributed by atoms with Crippen molar-refractivity contribution in [3.05, 3.63) is 81.3 Å². The fraction of sp³-hybridized carbons (Fsp3) is 0.304. The van der Waals surface area contributed by atoms with Crippen LogP contribution in [0.25, 0.3) is 0 Å². The van der Waals surface area contributed by atoms with Gasteiger partial charge in [0.25, 0.3) is 5.91 Å². The fourth-order valence-corrected chi connectivity index (χ4v) is 4.70.